The number of nitrogens with zero attached hydrogens (tertiary/aromatic N) is 3. The third-order valence-corrected chi connectivity index (χ3v) is 10.3. The molecule has 4 aromatic rings. The summed E-state index contributed by atoms with van der Waals surface area (Å²) in [5, 5.41) is 5.07. The van der Waals surface area contributed by atoms with Gasteiger partial charge >= 0.3 is 6.18 Å². The summed E-state index contributed by atoms with van der Waals surface area (Å²) in [6, 6.07) is 5.37. The van der Waals surface area contributed by atoms with Gasteiger partial charge in [0.05, 0.1) is 52.1 Å². The van der Waals surface area contributed by atoms with Crippen molar-refractivity contribution in [2.45, 2.75) is 82.1 Å². The van der Waals surface area contributed by atoms with E-state index in [0.717, 1.165) is 68.8 Å². The molecule has 0 unspecified atom stereocenters. The molecule has 2 N–H and O–H groups in total. The fourth-order valence-electron chi connectivity index (χ4n) is 6.94. The topological polar surface area (TPSA) is 113 Å². The highest BCUT2D eigenvalue weighted by Crippen LogP contribution is 2.55. The molecule has 8 nitrogen and oxygen atoms in total. The Hall–Kier alpha value is -3.41. The van der Waals surface area contributed by atoms with Crippen LogP contribution in [0.15, 0.2) is 41.2 Å². The van der Waals surface area contributed by atoms with Crippen molar-refractivity contribution in [3.05, 3.63) is 69.3 Å². The number of primary amides is 1. The molecule has 0 saturated heterocycles. The van der Waals surface area contributed by atoms with Gasteiger partial charge in [0.1, 0.15) is 17.2 Å². The molecule has 4 saturated carbocycles. The Kier molecular flexibility index (Phi) is 7.92. The van der Waals surface area contributed by atoms with Crippen LogP contribution in [0.4, 0.5) is 13.2 Å². The number of benzene rings is 1. The zero-order valence-electron chi connectivity index (χ0n) is 24.8. The Balaban J connectivity index is 1.04. The van der Waals surface area contributed by atoms with Crippen molar-refractivity contribution in [2.75, 3.05) is 6.61 Å². The number of alkyl halides is 3. The zero-order chi connectivity index (χ0) is 32.3. The molecule has 0 spiro atoms. The summed E-state index contributed by atoms with van der Waals surface area (Å²) >= 11 is 12.9. The zero-order valence-corrected chi connectivity index (χ0v) is 26.3. The fraction of sp³-hybridized carbons (Fsp3) is 0.455. The van der Waals surface area contributed by atoms with Crippen LogP contribution in [-0.2, 0) is 28.7 Å². The van der Waals surface area contributed by atoms with Crippen LogP contribution < -0.4 is 10.5 Å². The molecule has 46 heavy (non-hydrogen) atoms. The van der Waals surface area contributed by atoms with Crippen molar-refractivity contribution in [2.24, 2.45) is 11.1 Å². The monoisotopic (exact) mass is 674 g/mol. The molecule has 3 heterocycles. The van der Waals surface area contributed by atoms with Crippen molar-refractivity contribution >= 4 is 40.0 Å². The Morgan fingerprint density at radius 2 is 1.74 bits per heavy atom. The van der Waals surface area contributed by atoms with Crippen LogP contribution in [0, 0.1) is 5.41 Å². The maximum absolute atomic E-state index is 13.9. The lowest BCUT2D eigenvalue weighted by Crippen LogP contribution is -2.49. The molecule has 13 heteroatoms. The highest BCUT2D eigenvalue weighted by atomic mass is 35.5. The lowest BCUT2D eigenvalue weighted by Gasteiger charge is -2.52. The summed E-state index contributed by atoms with van der Waals surface area (Å²) in [6.07, 6.45) is 5.29. The molecule has 0 aliphatic heterocycles. The SMILES string of the molecule is NC(=O)Cc1cc(C(F)(F)F)c2cc(OCC34CCC(OCc5c(-c6c(Cl)cncc6Cl)noc5C5CC5)(CC3)CC4)ccc2n1. The number of carbonyl (C=O) groups excluding carboxylic acids is 1. The Morgan fingerprint density at radius 1 is 1.04 bits per heavy atom. The minimum atomic E-state index is -4.63. The van der Waals surface area contributed by atoms with Gasteiger partial charge in [-0.15, -0.1) is 0 Å². The number of ether oxygens (including phenoxy) is 2. The number of halogens is 5. The Morgan fingerprint density at radius 3 is 2.37 bits per heavy atom. The van der Waals surface area contributed by atoms with Gasteiger partial charge in [0, 0.05) is 40.2 Å². The number of hydrogen-bond donors (Lipinski definition) is 1. The predicted molar refractivity (Wildman–Crippen MR) is 165 cm³/mol. The Bertz CT molecular complexity index is 1780. The number of aromatic nitrogens is 3. The summed E-state index contributed by atoms with van der Waals surface area (Å²) < 4.78 is 60.5. The van der Waals surface area contributed by atoms with Crippen LogP contribution in [0.3, 0.4) is 0 Å². The maximum Gasteiger partial charge on any atom is 0.417 e. The Labute approximate surface area is 272 Å². The first kappa shape index (κ1) is 31.2. The maximum atomic E-state index is 13.9. The molecule has 242 valence electrons. The minimum Gasteiger partial charge on any atom is -0.493 e. The van der Waals surface area contributed by atoms with E-state index >= 15 is 0 Å². The van der Waals surface area contributed by atoms with E-state index in [1.54, 1.807) is 6.07 Å². The van der Waals surface area contributed by atoms with Gasteiger partial charge in [0.2, 0.25) is 5.91 Å². The lowest BCUT2D eigenvalue weighted by atomic mass is 9.59. The molecular formula is C33H31Cl2F3N4O4. The first-order valence-electron chi connectivity index (χ1n) is 15.3. The van der Waals surface area contributed by atoms with E-state index in [0.29, 0.717) is 46.2 Å². The van der Waals surface area contributed by atoms with Gasteiger partial charge < -0.3 is 19.7 Å². The van der Waals surface area contributed by atoms with Crippen molar-refractivity contribution in [3.8, 4) is 17.0 Å². The number of nitrogens with two attached hydrogens (primary N) is 1. The molecule has 2 bridgehead atoms. The van der Waals surface area contributed by atoms with Crippen LogP contribution >= 0.6 is 23.2 Å². The average Bonchev–Trinajstić information content (AvgIpc) is 3.78. The standard InChI is InChI=1S/C33H31Cl2F3N4O4/c34-24-14-40-15-25(35)28(24)29-22(30(46-42-29)18-1-2-18)16-45-32-8-5-31(6-9-32,7-10-32)17-44-20-3-4-26-21(13-20)23(33(36,37)38)11-19(41-26)12-27(39)43/h3-4,11,13-15,18H,1-2,5-10,12,16-17H2,(H2,39,43). The molecule has 0 radical (unpaired) electrons. The van der Waals surface area contributed by atoms with E-state index in [9.17, 15) is 18.0 Å². The largest absolute Gasteiger partial charge is 0.493 e. The predicted octanol–water partition coefficient (Wildman–Crippen LogP) is 8.20. The number of amides is 1. The smallest absolute Gasteiger partial charge is 0.417 e. The van der Waals surface area contributed by atoms with E-state index in [2.05, 4.69) is 15.1 Å². The van der Waals surface area contributed by atoms with E-state index in [4.69, 9.17) is 42.9 Å². The molecule has 4 aliphatic carbocycles. The molecule has 0 atom stereocenters. The second kappa shape index (κ2) is 11.7. The summed E-state index contributed by atoms with van der Waals surface area (Å²) in [7, 11) is 0. The highest BCUT2D eigenvalue weighted by Gasteiger charge is 2.50. The van der Waals surface area contributed by atoms with Crippen LogP contribution in [0.5, 0.6) is 5.75 Å². The van der Waals surface area contributed by atoms with E-state index < -0.39 is 17.6 Å². The molecule has 4 fully saturated rings. The number of carbonyl (C=O) groups is 1. The average molecular weight is 676 g/mol. The van der Waals surface area contributed by atoms with Gasteiger partial charge in [-0.05, 0) is 75.6 Å². The lowest BCUT2D eigenvalue weighted by molar-refractivity contribution is -0.150. The second-order valence-electron chi connectivity index (χ2n) is 12.9. The van der Waals surface area contributed by atoms with Gasteiger partial charge in [-0.1, -0.05) is 28.4 Å². The second-order valence-corrected chi connectivity index (χ2v) is 13.7. The number of fused-ring (bicyclic) bond motifs is 4. The molecular weight excluding hydrogens is 644 g/mol. The van der Waals surface area contributed by atoms with Gasteiger partial charge in [-0.2, -0.15) is 13.2 Å². The number of rotatable bonds is 10. The van der Waals surface area contributed by atoms with Gasteiger partial charge in [-0.3, -0.25) is 14.8 Å². The van der Waals surface area contributed by atoms with Gasteiger partial charge in [-0.25, -0.2) is 0 Å². The highest BCUT2D eigenvalue weighted by molar-refractivity contribution is 6.38. The molecule has 1 amide bonds. The van der Waals surface area contributed by atoms with Gasteiger partial charge in [0.15, 0.2) is 0 Å². The van der Waals surface area contributed by atoms with Crippen molar-refractivity contribution in [1.29, 1.82) is 0 Å². The first-order chi connectivity index (χ1) is 21.9. The van der Waals surface area contributed by atoms with Crippen LogP contribution in [0.1, 0.15) is 79.9 Å². The molecule has 8 rings (SSSR count). The normalized spacial score (nSPS) is 22.8. The van der Waals surface area contributed by atoms with E-state index in [1.165, 1.54) is 24.5 Å². The van der Waals surface area contributed by atoms with E-state index in [1.807, 2.05) is 0 Å². The summed E-state index contributed by atoms with van der Waals surface area (Å²) in [5.74, 6) is 0.735. The summed E-state index contributed by atoms with van der Waals surface area (Å²) in [4.78, 5) is 19.6. The number of pyridine rings is 2. The van der Waals surface area contributed by atoms with Crippen molar-refractivity contribution < 1.29 is 32.0 Å². The summed E-state index contributed by atoms with van der Waals surface area (Å²) in [5.41, 5.74) is 6.10. The van der Waals surface area contributed by atoms with E-state index in [-0.39, 0.29) is 34.0 Å². The third-order valence-electron chi connectivity index (χ3n) is 9.75. The van der Waals surface area contributed by atoms with Crippen LogP contribution in [0.2, 0.25) is 10.0 Å². The third kappa shape index (κ3) is 6.04. The van der Waals surface area contributed by atoms with Gasteiger partial charge in [0.25, 0.3) is 0 Å². The quantitative estimate of drug-likeness (QED) is 0.180. The first-order valence-corrected chi connectivity index (χ1v) is 16.0. The van der Waals surface area contributed by atoms with Crippen LogP contribution in [-0.4, -0.2) is 33.2 Å². The fourth-order valence-corrected chi connectivity index (χ4v) is 7.48. The van der Waals surface area contributed by atoms with Crippen molar-refractivity contribution in [1.82, 2.24) is 15.1 Å². The molecule has 1 aromatic carbocycles. The van der Waals surface area contributed by atoms with Crippen LogP contribution in [0.25, 0.3) is 22.2 Å². The van der Waals surface area contributed by atoms with Crippen molar-refractivity contribution in [3.63, 3.8) is 0 Å². The molecule has 3 aromatic heterocycles. The number of hydrogen-bond acceptors (Lipinski definition) is 7. The molecule has 4 aliphatic rings. The minimum absolute atomic E-state index is 0.0241. The summed E-state index contributed by atoms with van der Waals surface area (Å²) in [6.45, 7) is 0.723.